The molecule has 0 aliphatic carbocycles. The fourth-order valence-corrected chi connectivity index (χ4v) is 3.15. The lowest BCUT2D eigenvalue weighted by Gasteiger charge is -2.18. The number of benzene rings is 2. The Hall–Kier alpha value is -2.81. The lowest BCUT2D eigenvalue weighted by atomic mass is 10.1. The van der Waals surface area contributed by atoms with E-state index in [0.29, 0.717) is 10.9 Å². The number of H-pyrrole nitrogens is 1. The molecule has 2 N–H and O–H groups in total. The number of amides is 2. The zero-order valence-electron chi connectivity index (χ0n) is 14.6. The smallest absolute Gasteiger partial charge is 0.360 e. The van der Waals surface area contributed by atoms with Crippen LogP contribution in [0.3, 0.4) is 0 Å². The molecule has 1 heterocycles. The zero-order chi connectivity index (χ0) is 20.5. The largest absolute Gasteiger partial charge is 0.418 e. The number of para-hydroxylation sites is 1. The third-order valence-electron chi connectivity index (χ3n) is 4.11. The van der Waals surface area contributed by atoms with Gasteiger partial charge in [-0.15, -0.1) is 0 Å². The Morgan fingerprint density at radius 3 is 2.61 bits per heavy atom. The molecule has 3 rings (SSSR count). The number of hydrogen-bond donors (Lipinski definition) is 2. The molecule has 3 aromatic rings. The third-order valence-corrected chi connectivity index (χ3v) is 4.60. The monoisotopic (exact) mass is 453 g/mol. The van der Waals surface area contributed by atoms with Crippen molar-refractivity contribution in [2.24, 2.45) is 0 Å². The number of halogens is 4. The minimum absolute atomic E-state index is 0.350. The first-order valence-corrected chi connectivity index (χ1v) is 8.94. The molecule has 28 heavy (non-hydrogen) atoms. The number of aromatic nitrogens is 1. The maximum atomic E-state index is 13.0. The summed E-state index contributed by atoms with van der Waals surface area (Å²) in [5.74, 6) is -1.16. The van der Waals surface area contributed by atoms with E-state index < -0.39 is 30.1 Å². The maximum Gasteiger partial charge on any atom is 0.418 e. The van der Waals surface area contributed by atoms with Gasteiger partial charge in [-0.1, -0.05) is 28.1 Å². The van der Waals surface area contributed by atoms with Gasteiger partial charge in [0.25, 0.3) is 5.91 Å². The van der Waals surface area contributed by atoms with E-state index in [1.165, 1.54) is 31.4 Å². The van der Waals surface area contributed by atoms with E-state index >= 15 is 0 Å². The topological polar surface area (TPSA) is 65.2 Å². The molecule has 0 radical (unpaired) electrons. The summed E-state index contributed by atoms with van der Waals surface area (Å²) >= 11 is 3.34. The lowest BCUT2D eigenvalue weighted by molar-refractivity contribution is -0.137. The van der Waals surface area contributed by atoms with Crippen LogP contribution in [0.25, 0.3) is 10.9 Å². The summed E-state index contributed by atoms with van der Waals surface area (Å²) in [5, 5.41) is 2.90. The van der Waals surface area contributed by atoms with Crippen molar-refractivity contribution in [3.63, 3.8) is 0 Å². The first kappa shape index (κ1) is 19.9. The summed E-state index contributed by atoms with van der Waals surface area (Å²) in [6, 6.07) is 10.1. The second-order valence-corrected chi connectivity index (χ2v) is 7.06. The molecule has 0 aliphatic heterocycles. The molecule has 146 valence electrons. The van der Waals surface area contributed by atoms with Crippen molar-refractivity contribution in [3.05, 3.63) is 64.3 Å². The van der Waals surface area contributed by atoms with Crippen molar-refractivity contribution in [1.29, 1.82) is 0 Å². The van der Waals surface area contributed by atoms with Crippen molar-refractivity contribution in [2.75, 3.05) is 18.9 Å². The van der Waals surface area contributed by atoms with Crippen LogP contribution in [0.5, 0.6) is 0 Å². The van der Waals surface area contributed by atoms with Gasteiger partial charge in [0.15, 0.2) is 0 Å². The number of nitrogens with zero attached hydrogens (tertiary/aromatic N) is 1. The summed E-state index contributed by atoms with van der Waals surface area (Å²) in [7, 11) is 1.41. The molecular formula is C19H15BrF3N3O2. The van der Waals surface area contributed by atoms with Gasteiger partial charge in [-0.2, -0.15) is 13.2 Å². The molecule has 0 atom stereocenters. The van der Waals surface area contributed by atoms with Crippen LogP contribution in [0.4, 0.5) is 18.9 Å². The highest BCUT2D eigenvalue weighted by Gasteiger charge is 2.33. The van der Waals surface area contributed by atoms with Gasteiger partial charge in [-0.3, -0.25) is 9.59 Å². The van der Waals surface area contributed by atoms with Crippen molar-refractivity contribution in [1.82, 2.24) is 9.88 Å². The zero-order valence-corrected chi connectivity index (χ0v) is 16.2. The molecule has 9 heteroatoms. The molecule has 0 bridgehead atoms. The van der Waals surface area contributed by atoms with Gasteiger partial charge in [0.05, 0.1) is 23.4 Å². The predicted octanol–water partition coefficient (Wildman–Crippen LogP) is 4.66. The van der Waals surface area contributed by atoms with Crippen molar-refractivity contribution in [3.8, 4) is 0 Å². The second kappa shape index (κ2) is 7.67. The van der Waals surface area contributed by atoms with Gasteiger partial charge >= 0.3 is 6.18 Å². The van der Waals surface area contributed by atoms with Crippen molar-refractivity contribution >= 4 is 44.3 Å². The Balaban J connectivity index is 1.74. The number of aromatic amines is 1. The molecule has 0 spiro atoms. The van der Waals surface area contributed by atoms with E-state index in [1.54, 1.807) is 12.1 Å². The summed E-state index contributed by atoms with van der Waals surface area (Å²) in [6.07, 6.45) is -3.06. The Morgan fingerprint density at radius 2 is 1.89 bits per heavy atom. The number of alkyl halides is 3. The normalized spacial score (nSPS) is 11.5. The van der Waals surface area contributed by atoms with E-state index in [4.69, 9.17) is 0 Å². The predicted molar refractivity (Wildman–Crippen MR) is 103 cm³/mol. The molecule has 5 nitrogen and oxygen atoms in total. The van der Waals surface area contributed by atoms with Crippen LogP contribution >= 0.6 is 15.9 Å². The number of rotatable bonds is 4. The van der Waals surface area contributed by atoms with Gasteiger partial charge in [0.1, 0.15) is 0 Å². The van der Waals surface area contributed by atoms with E-state index in [1.807, 2.05) is 6.07 Å². The van der Waals surface area contributed by atoms with Crippen LogP contribution in [-0.2, 0) is 11.0 Å². The summed E-state index contributed by atoms with van der Waals surface area (Å²) in [4.78, 5) is 29.0. The Morgan fingerprint density at radius 1 is 1.18 bits per heavy atom. The minimum Gasteiger partial charge on any atom is -0.360 e. The number of likely N-dealkylation sites (N-methyl/N-ethyl adjacent to an activating group) is 1. The number of hydrogen-bond acceptors (Lipinski definition) is 2. The molecule has 0 saturated heterocycles. The summed E-state index contributed by atoms with van der Waals surface area (Å²) < 4.78 is 39.9. The van der Waals surface area contributed by atoms with Crippen molar-refractivity contribution < 1.29 is 22.8 Å². The lowest BCUT2D eigenvalue weighted by Crippen LogP contribution is -2.35. The Kier molecular flexibility index (Phi) is 5.46. The number of carbonyl (C=O) groups is 2. The Labute approximate surface area is 166 Å². The fourth-order valence-electron chi connectivity index (χ4n) is 2.79. The number of anilines is 1. The number of nitrogens with one attached hydrogen (secondary N) is 2. The average Bonchev–Trinajstić information content (AvgIpc) is 3.03. The number of carbonyl (C=O) groups excluding carboxylic acids is 2. The molecule has 0 fully saturated rings. The van der Waals surface area contributed by atoms with E-state index in [-0.39, 0.29) is 5.69 Å². The van der Waals surface area contributed by atoms with Crippen LogP contribution in [0.15, 0.2) is 53.1 Å². The molecule has 0 aliphatic rings. The first-order valence-electron chi connectivity index (χ1n) is 8.15. The highest BCUT2D eigenvalue weighted by Crippen LogP contribution is 2.34. The molecule has 2 aromatic carbocycles. The SMILES string of the molecule is CN(CC(=O)Nc1ccccc1C(F)(F)F)C(=O)c1c[nH]c2ccc(Br)cc12. The van der Waals surface area contributed by atoms with E-state index in [0.717, 1.165) is 21.0 Å². The highest BCUT2D eigenvalue weighted by atomic mass is 79.9. The van der Waals surface area contributed by atoms with E-state index in [9.17, 15) is 22.8 Å². The van der Waals surface area contributed by atoms with Crippen molar-refractivity contribution in [2.45, 2.75) is 6.18 Å². The van der Waals surface area contributed by atoms with Crippen LogP contribution in [0.2, 0.25) is 0 Å². The second-order valence-electron chi connectivity index (χ2n) is 6.14. The third kappa shape index (κ3) is 4.19. The highest BCUT2D eigenvalue weighted by molar-refractivity contribution is 9.10. The molecule has 1 aromatic heterocycles. The maximum absolute atomic E-state index is 13.0. The van der Waals surface area contributed by atoms with Crippen LogP contribution in [0.1, 0.15) is 15.9 Å². The fraction of sp³-hybridized carbons (Fsp3) is 0.158. The van der Waals surface area contributed by atoms with Gasteiger partial charge in [0.2, 0.25) is 5.91 Å². The van der Waals surface area contributed by atoms with Gasteiger partial charge in [0, 0.05) is 28.6 Å². The summed E-state index contributed by atoms with van der Waals surface area (Å²) in [6.45, 7) is -0.397. The standard InChI is InChI=1S/C19H15BrF3N3O2/c1-26(18(28)13-9-24-15-7-6-11(20)8-12(13)15)10-17(27)25-16-5-3-2-4-14(16)19(21,22)23/h2-9,24H,10H2,1H3,(H,25,27). The minimum atomic E-state index is -4.59. The molecule has 2 amide bonds. The first-order chi connectivity index (χ1) is 13.2. The van der Waals surface area contributed by atoms with Crippen LogP contribution in [-0.4, -0.2) is 35.3 Å². The van der Waals surface area contributed by atoms with E-state index in [2.05, 4.69) is 26.2 Å². The van der Waals surface area contributed by atoms with Crippen LogP contribution < -0.4 is 5.32 Å². The summed E-state index contributed by atoms with van der Waals surface area (Å²) in [5.41, 5.74) is -0.179. The van der Waals surface area contributed by atoms with Gasteiger partial charge < -0.3 is 15.2 Å². The molecular weight excluding hydrogens is 439 g/mol. The van der Waals surface area contributed by atoms with Gasteiger partial charge in [-0.25, -0.2) is 0 Å². The van der Waals surface area contributed by atoms with Gasteiger partial charge in [-0.05, 0) is 30.3 Å². The quantitative estimate of drug-likeness (QED) is 0.603. The number of fused-ring (bicyclic) bond motifs is 1. The molecule has 0 saturated carbocycles. The average molecular weight is 454 g/mol. The van der Waals surface area contributed by atoms with Crippen LogP contribution in [0, 0.1) is 0 Å². The molecule has 0 unspecified atom stereocenters. The Bertz CT molecular complexity index is 1050.